The molecule has 0 aromatic heterocycles. The maximum atomic E-state index is 12.6. The van der Waals surface area contributed by atoms with Crippen LogP contribution in [0.15, 0.2) is 42.5 Å². The Labute approximate surface area is 125 Å². The number of carbonyl (C=O) groups is 1. The third kappa shape index (κ3) is 2.20. The molecule has 0 unspecified atom stereocenters. The van der Waals surface area contributed by atoms with Gasteiger partial charge < -0.3 is 10.6 Å². The van der Waals surface area contributed by atoms with E-state index in [4.69, 9.17) is 5.73 Å². The van der Waals surface area contributed by atoms with Gasteiger partial charge in [-0.05, 0) is 64.9 Å². The third-order valence-corrected chi connectivity index (χ3v) is 4.29. The molecule has 19 heavy (non-hydrogen) atoms. The van der Waals surface area contributed by atoms with Crippen molar-refractivity contribution in [2.24, 2.45) is 0 Å². The molecular weight excluding hydrogens is 351 g/mol. The average molecular weight is 364 g/mol. The van der Waals surface area contributed by atoms with Gasteiger partial charge in [0.25, 0.3) is 5.91 Å². The lowest BCUT2D eigenvalue weighted by Crippen LogP contribution is -2.29. The second kappa shape index (κ2) is 4.85. The fourth-order valence-electron chi connectivity index (χ4n) is 2.41. The number of fused-ring (bicyclic) bond motifs is 1. The zero-order chi connectivity index (χ0) is 13.4. The van der Waals surface area contributed by atoms with E-state index in [1.807, 2.05) is 47.4 Å². The summed E-state index contributed by atoms with van der Waals surface area (Å²) in [5.41, 5.74) is 9.43. The number of nitrogens with two attached hydrogens (primary N) is 1. The lowest BCUT2D eigenvalue weighted by molar-refractivity contribution is 0.0988. The molecule has 96 valence electrons. The molecular formula is C15H13IN2O. The molecule has 0 bridgehead atoms. The van der Waals surface area contributed by atoms with Crippen LogP contribution in [0.1, 0.15) is 15.9 Å². The van der Waals surface area contributed by atoms with Crippen LogP contribution in [0.25, 0.3) is 0 Å². The molecule has 2 N–H and O–H groups in total. The van der Waals surface area contributed by atoms with Crippen molar-refractivity contribution in [2.45, 2.75) is 6.42 Å². The van der Waals surface area contributed by atoms with Crippen LogP contribution >= 0.6 is 22.6 Å². The van der Waals surface area contributed by atoms with Gasteiger partial charge >= 0.3 is 0 Å². The highest BCUT2D eigenvalue weighted by atomic mass is 127. The van der Waals surface area contributed by atoms with Gasteiger partial charge in [0.1, 0.15) is 0 Å². The molecule has 0 spiro atoms. The van der Waals surface area contributed by atoms with E-state index in [1.54, 1.807) is 0 Å². The zero-order valence-electron chi connectivity index (χ0n) is 10.3. The van der Waals surface area contributed by atoms with E-state index in [-0.39, 0.29) is 5.91 Å². The summed E-state index contributed by atoms with van der Waals surface area (Å²) in [6, 6.07) is 13.4. The van der Waals surface area contributed by atoms with E-state index in [0.29, 0.717) is 0 Å². The van der Waals surface area contributed by atoms with Crippen molar-refractivity contribution in [1.29, 1.82) is 0 Å². The molecule has 3 rings (SSSR count). The van der Waals surface area contributed by atoms with E-state index in [0.717, 1.165) is 39.0 Å². The Hall–Kier alpha value is -1.56. The Morgan fingerprint density at radius 3 is 2.79 bits per heavy atom. The fraction of sp³-hybridized carbons (Fsp3) is 0.133. The molecule has 0 radical (unpaired) electrons. The number of hydrogen-bond donors (Lipinski definition) is 1. The highest BCUT2D eigenvalue weighted by Crippen LogP contribution is 2.31. The maximum absolute atomic E-state index is 12.6. The number of nitrogens with zero attached hydrogens (tertiary/aromatic N) is 1. The van der Waals surface area contributed by atoms with Crippen molar-refractivity contribution < 1.29 is 4.79 Å². The first-order chi connectivity index (χ1) is 9.16. The van der Waals surface area contributed by atoms with Crippen molar-refractivity contribution in [3.05, 3.63) is 57.2 Å². The normalized spacial score (nSPS) is 13.4. The van der Waals surface area contributed by atoms with Crippen LogP contribution in [0.4, 0.5) is 11.4 Å². The largest absolute Gasteiger partial charge is 0.399 e. The molecule has 0 saturated heterocycles. The minimum atomic E-state index is 0.0634. The maximum Gasteiger partial charge on any atom is 0.259 e. The van der Waals surface area contributed by atoms with Gasteiger partial charge in [-0.25, -0.2) is 0 Å². The summed E-state index contributed by atoms with van der Waals surface area (Å²) in [7, 11) is 0. The number of rotatable bonds is 1. The van der Waals surface area contributed by atoms with Gasteiger partial charge in [0.05, 0.1) is 5.56 Å². The number of nitrogen functional groups attached to an aromatic ring is 1. The van der Waals surface area contributed by atoms with Crippen molar-refractivity contribution in [3.8, 4) is 0 Å². The van der Waals surface area contributed by atoms with Crippen LogP contribution in [0.5, 0.6) is 0 Å². The van der Waals surface area contributed by atoms with Crippen LogP contribution in [0, 0.1) is 3.57 Å². The molecule has 1 amide bonds. The topological polar surface area (TPSA) is 46.3 Å². The minimum Gasteiger partial charge on any atom is -0.399 e. The standard InChI is InChI=1S/C15H13IN2O/c16-13-4-2-1-3-12(13)15(19)18-8-7-10-9-11(17)5-6-14(10)18/h1-6,9H,7-8,17H2. The van der Waals surface area contributed by atoms with Crippen LogP contribution in [0.2, 0.25) is 0 Å². The van der Waals surface area contributed by atoms with Gasteiger partial charge in [0.15, 0.2) is 0 Å². The van der Waals surface area contributed by atoms with E-state index in [9.17, 15) is 4.79 Å². The lowest BCUT2D eigenvalue weighted by atomic mass is 10.1. The van der Waals surface area contributed by atoms with Gasteiger partial charge in [-0.2, -0.15) is 0 Å². The van der Waals surface area contributed by atoms with Crippen LogP contribution < -0.4 is 10.6 Å². The Morgan fingerprint density at radius 2 is 2.00 bits per heavy atom. The van der Waals surface area contributed by atoms with Gasteiger partial charge in [-0.3, -0.25) is 4.79 Å². The predicted octanol–water partition coefficient (Wildman–Crippen LogP) is 3.08. The highest BCUT2D eigenvalue weighted by Gasteiger charge is 2.26. The molecule has 4 heteroatoms. The second-order valence-electron chi connectivity index (χ2n) is 4.57. The van der Waals surface area contributed by atoms with Gasteiger partial charge in [-0.15, -0.1) is 0 Å². The van der Waals surface area contributed by atoms with Crippen LogP contribution in [0.3, 0.4) is 0 Å². The summed E-state index contributed by atoms with van der Waals surface area (Å²) < 4.78 is 0.981. The first-order valence-electron chi connectivity index (χ1n) is 6.11. The zero-order valence-corrected chi connectivity index (χ0v) is 12.4. The first kappa shape index (κ1) is 12.5. The second-order valence-corrected chi connectivity index (χ2v) is 5.74. The highest BCUT2D eigenvalue weighted by molar-refractivity contribution is 14.1. The summed E-state index contributed by atoms with van der Waals surface area (Å²) in [6.07, 6.45) is 0.871. The molecule has 1 heterocycles. The number of benzene rings is 2. The number of amides is 1. The lowest BCUT2D eigenvalue weighted by Gasteiger charge is -2.18. The minimum absolute atomic E-state index is 0.0634. The fourth-order valence-corrected chi connectivity index (χ4v) is 3.03. The monoisotopic (exact) mass is 364 g/mol. The molecule has 0 fully saturated rings. The average Bonchev–Trinajstić information content (AvgIpc) is 2.81. The number of halogens is 1. The number of hydrogen-bond acceptors (Lipinski definition) is 2. The quantitative estimate of drug-likeness (QED) is 0.625. The summed E-state index contributed by atoms with van der Waals surface area (Å²) in [5.74, 6) is 0.0634. The molecule has 0 aliphatic carbocycles. The Balaban J connectivity index is 1.98. The van der Waals surface area contributed by atoms with E-state index < -0.39 is 0 Å². The summed E-state index contributed by atoms with van der Waals surface area (Å²) >= 11 is 2.20. The summed E-state index contributed by atoms with van der Waals surface area (Å²) in [6.45, 7) is 0.725. The van der Waals surface area contributed by atoms with Crippen molar-refractivity contribution >= 4 is 39.9 Å². The van der Waals surface area contributed by atoms with Crippen LogP contribution in [-0.4, -0.2) is 12.5 Å². The van der Waals surface area contributed by atoms with Crippen LogP contribution in [-0.2, 0) is 6.42 Å². The van der Waals surface area contributed by atoms with Gasteiger partial charge in [0, 0.05) is 21.5 Å². The van der Waals surface area contributed by atoms with Gasteiger partial charge in [-0.1, -0.05) is 12.1 Å². The molecule has 0 saturated carbocycles. The first-order valence-corrected chi connectivity index (χ1v) is 7.19. The van der Waals surface area contributed by atoms with Crippen molar-refractivity contribution in [2.75, 3.05) is 17.2 Å². The van der Waals surface area contributed by atoms with Crippen molar-refractivity contribution in [3.63, 3.8) is 0 Å². The van der Waals surface area contributed by atoms with E-state index >= 15 is 0 Å². The molecule has 2 aromatic carbocycles. The van der Waals surface area contributed by atoms with E-state index in [1.165, 1.54) is 0 Å². The molecule has 0 atom stereocenters. The number of anilines is 2. The SMILES string of the molecule is Nc1ccc2c(c1)CCN2C(=O)c1ccccc1I. The Morgan fingerprint density at radius 1 is 1.21 bits per heavy atom. The molecule has 3 nitrogen and oxygen atoms in total. The number of carbonyl (C=O) groups excluding carboxylic acids is 1. The Bertz CT molecular complexity index is 654. The molecule has 1 aliphatic heterocycles. The predicted molar refractivity (Wildman–Crippen MR) is 85.4 cm³/mol. The third-order valence-electron chi connectivity index (χ3n) is 3.35. The Kier molecular flexibility index (Phi) is 3.18. The smallest absolute Gasteiger partial charge is 0.259 e. The summed E-state index contributed by atoms with van der Waals surface area (Å²) in [4.78, 5) is 14.4. The molecule has 2 aromatic rings. The van der Waals surface area contributed by atoms with E-state index in [2.05, 4.69) is 22.6 Å². The summed E-state index contributed by atoms with van der Waals surface area (Å²) in [5, 5.41) is 0. The van der Waals surface area contributed by atoms with Crippen molar-refractivity contribution in [1.82, 2.24) is 0 Å². The van der Waals surface area contributed by atoms with Gasteiger partial charge in [0.2, 0.25) is 0 Å². The molecule has 1 aliphatic rings.